The predicted molar refractivity (Wildman–Crippen MR) is 140 cm³/mol. The van der Waals surface area contributed by atoms with E-state index in [0.29, 0.717) is 37.8 Å². The number of carbonyl (C=O) groups excluding carboxylic acids is 1. The molecule has 2 heterocycles. The van der Waals surface area contributed by atoms with Gasteiger partial charge >= 0.3 is 0 Å². The van der Waals surface area contributed by atoms with Gasteiger partial charge in [-0.2, -0.15) is 0 Å². The van der Waals surface area contributed by atoms with Crippen molar-refractivity contribution in [2.45, 2.75) is 11.8 Å². The number of carbonyl (C=O) groups is 1. The fraction of sp³-hybridized carbons (Fsp3) is 0.130. The molecule has 33 heavy (non-hydrogen) atoms. The quantitative estimate of drug-likeness (QED) is 0.305. The number of rotatable bonds is 6. The first-order chi connectivity index (χ1) is 15.7. The molecule has 2 N–H and O–H groups in total. The van der Waals surface area contributed by atoms with Gasteiger partial charge in [0.2, 0.25) is 0 Å². The van der Waals surface area contributed by atoms with Crippen LogP contribution in [0, 0.1) is 10.5 Å². The number of halogens is 1. The number of hydrogen-bond donors (Lipinski definition) is 2. The maximum Gasteiger partial charge on any atom is 0.261 e. The standard InChI is InChI=1S/C23H20IN3O4S2/c1-13-10-18(27-33(29,30)17-9-5-7-15(24)12-17)20-19(14-6-4-8-16(11-14)31-3)21(22(28)25-2)32-23(20)26-13/h4-12H,1-3H3,(H,25,28)(H,26,27). The first-order valence-corrected chi connectivity index (χ1v) is 13.2. The van der Waals surface area contributed by atoms with E-state index in [9.17, 15) is 13.2 Å². The average Bonchev–Trinajstić information content (AvgIpc) is 3.18. The largest absolute Gasteiger partial charge is 0.497 e. The summed E-state index contributed by atoms with van der Waals surface area (Å²) in [6.07, 6.45) is 0. The summed E-state index contributed by atoms with van der Waals surface area (Å²) in [5.74, 6) is 0.343. The number of amides is 1. The van der Waals surface area contributed by atoms with Gasteiger partial charge in [-0.25, -0.2) is 13.4 Å². The Morgan fingerprint density at radius 3 is 2.58 bits per heavy atom. The molecule has 0 saturated carbocycles. The van der Waals surface area contributed by atoms with Gasteiger partial charge in [-0.3, -0.25) is 9.52 Å². The van der Waals surface area contributed by atoms with Crippen LogP contribution < -0.4 is 14.8 Å². The van der Waals surface area contributed by atoms with Crippen molar-refractivity contribution in [1.82, 2.24) is 10.3 Å². The van der Waals surface area contributed by atoms with E-state index in [1.165, 1.54) is 11.3 Å². The molecule has 4 aromatic rings. The molecule has 10 heteroatoms. The van der Waals surface area contributed by atoms with Crippen LogP contribution in [0.25, 0.3) is 21.3 Å². The Kier molecular flexibility index (Phi) is 6.59. The van der Waals surface area contributed by atoms with Crippen molar-refractivity contribution in [2.75, 3.05) is 18.9 Å². The number of anilines is 1. The molecule has 0 bridgehead atoms. The summed E-state index contributed by atoms with van der Waals surface area (Å²) in [5.41, 5.74) is 2.31. The second kappa shape index (κ2) is 9.27. The Morgan fingerprint density at radius 2 is 1.88 bits per heavy atom. The molecule has 7 nitrogen and oxygen atoms in total. The lowest BCUT2D eigenvalue weighted by atomic mass is 10.0. The van der Waals surface area contributed by atoms with Gasteiger partial charge in [-0.15, -0.1) is 11.3 Å². The van der Waals surface area contributed by atoms with Crippen molar-refractivity contribution in [1.29, 1.82) is 0 Å². The maximum absolute atomic E-state index is 13.2. The summed E-state index contributed by atoms with van der Waals surface area (Å²) in [4.78, 5) is 18.5. The van der Waals surface area contributed by atoms with Crippen LogP contribution in [0.2, 0.25) is 0 Å². The highest BCUT2D eigenvalue weighted by Crippen LogP contribution is 2.43. The van der Waals surface area contributed by atoms with Gasteiger partial charge in [0.05, 0.1) is 17.7 Å². The summed E-state index contributed by atoms with van der Waals surface area (Å²) < 4.78 is 35.3. The molecule has 0 aliphatic rings. The minimum Gasteiger partial charge on any atom is -0.497 e. The van der Waals surface area contributed by atoms with E-state index in [2.05, 4.69) is 37.6 Å². The topological polar surface area (TPSA) is 97.4 Å². The van der Waals surface area contributed by atoms with E-state index in [4.69, 9.17) is 4.74 Å². The Labute approximate surface area is 209 Å². The third-order valence-electron chi connectivity index (χ3n) is 4.93. The molecular formula is C23H20IN3O4S2. The Bertz CT molecular complexity index is 1480. The number of pyridine rings is 1. The molecule has 1 amide bonds. The number of benzene rings is 2. The van der Waals surface area contributed by atoms with E-state index in [1.807, 2.05) is 24.3 Å². The second-order valence-corrected chi connectivity index (χ2v) is 11.1. The molecular weight excluding hydrogens is 573 g/mol. The van der Waals surface area contributed by atoms with Crippen LogP contribution in [0.1, 0.15) is 15.4 Å². The van der Waals surface area contributed by atoms with Crippen LogP contribution >= 0.6 is 33.9 Å². The van der Waals surface area contributed by atoms with E-state index < -0.39 is 10.0 Å². The lowest BCUT2D eigenvalue weighted by Gasteiger charge is -2.13. The number of ether oxygens (including phenoxy) is 1. The highest BCUT2D eigenvalue weighted by molar-refractivity contribution is 14.1. The van der Waals surface area contributed by atoms with Crippen molar-refractivity contribution in [3.05, 3.63) is 68.7 Å². The van der Waals surface area contributed by atoms with Crippen molar-refractivity contribution < 1.29 is 17.9 Å². The van der Waals surface area contributed by atoms with Crippen molar-refractivity contribution in [2.24, 2.45) is 0 Å². The summed E-state index contributed by atoms with van der Waals surface area (Å²) in [6, 6.07) is 15.6. The fourth-order valence-corrected chi connectivity index (χ4v) is 6.54. The van der Waals surface area contributed by atoms with Gasteiger partial charge in [0, 0.05) is 27.3 Å². The zero-order valence-corrected chi connectivity index (χ0v) is 21.8. The van der Waals surface area contributed by atoms with Gasteiger partial charge in [0.25, 0.3) is 15.9 Å². The van der Waals surface area contributed by atoms with Gasteiger partial charge in [0.1, 0.15) is 15.5 Å². The van der Waals surface area contributed by atoms with Crippen molar-refractivity contribution >= 4 is 65.8 Å². The van der Waals surface area contributed by atoms with Gasteiger partial charge in [-0.05, 0) is 71.5 Å². The monoisotopic (exact) mass is 593 g/mol. The van der Waals surface area contributed by atoms with E-state index >= 15 is 0 Å². The second-order valence-electron chi connectivity index (χ2n) is 7.17. The van der Waals surface area contributed by atoms with Crippen LogP contribution in [0.3, 0.4) is 0 Å². The normalized spacial score (nSPS) is 11.4. The molecule has 0 radical (unpaired) electrons. The van der Waals surface area contributed by atoms with Crippen LogP contribution in [0.5, 0.6) is 5.75 Å². The molecule has 2 aromatic carbocycles. The third kappa shape index (κ3) is 4.68. The molecule has 0 saturated heterocycles. The molecule has 0 atom stereocenters. The molecule has 0 unspecified atom stereocenters. The van der Waals surface area contributed by atoms with Crippen LogP contribution in [-0.2, 0) is 10.0 Å². The third-order valence-corrected chi connectivity index (χ3v) is 8.05. The average molecular weight is 593 g/mol. The first-order valence-electron chi connectivity index (χ1n) is 9.82. The van der Waals surface area contributed by atoms with Gasteiger partial charge in [-0.1, -0.05) is 18.2 Å². The highest BCUT2D eigenvalue weighted by atomic mass is 127. The number of nitrogens with one attached hydrogen (secondary N) is 2. The fourth-order valence-electron chi connectivity index (χ4n) is 3.47. The van der Waals surface area contributed by atoms with Gasteiger partial charge in [0.15, 0.2) is 0 Å². The molecule has 4 rings (SSSR count). The van der Waals surface area contributed by atoms with Crippen molar-refractivity contribution in [3.8, 4) is 16.9 Å². The smallest absolute Gasteiger partial charge is 0.261 e. The van der Waals surface area contributed by atoms with Crippen molar-refractivity contribution in [3.63, 3.8) is 0 Å². The SMILES string of the molecule is CNC(=O)c1sc2nc(C)cc(NS(=O)(=O)c3cccc(I)c3)c2c1-c1cccc(OC)c1. The number of aromatic nitrogens is 1. The Morgan fingerprint density at radius 1 is 1.12 bits per heavy atom. The number of sulfonamides is 1. The van der Waals surface area contributed by atoms with E-state index in [0.717, 1.165) is 9.13 Å². The summed E-state index contributed by atoms with van der Waals surface area (Å²) in [5, 5.41) is 3.23. The summed E-state index contributed by atoms with van der Waals surface area (Å²) in [7, 11) is -0.753. The number of nitrogens with zero attached hydrogens (tertiary/aromatic N) is 1. The molecule has 2 aromatic heterocycles. The Balaban J connectivity index is 1.99. The molecule has 170 valence electrons. The molecule has 0 fully saturated rings. The Hall–Kier alpha value is -2.70. The first kappa shape index (κ1) is 23.5. The summed E-state index contributed by atoms with van der Waals surface area (Å²) in [6.45, 7) is 1.78. The van der Waals surface area contributed by atoms with Crippen LogP contribution in [0.15, 0.2) is 59.5 Å². The number of fused-ring (bicyclic) bond motifs is 1. The zero-order chi connectivity index (χ0) is 23.8. The minimum absolute atomic E-state index is 0.154. The predicted octanol–water partition coefficient (Wildman–Crippen LogP) is 5.05. The van der Waals surface area contributed by atoms with E-state index in [-0.39, 0.29) is 10.8 Å². The van der Waals surface area contributed by atoms with Crippen LogP contribution in [-0.4, -0.2) is 33.5 Å². The molecule has 0 aliphatic heterocycles. The highest BCUT2D eigenvalue weighted by Gasteiger charge is 2.25. The van der Waals surface area contributed by atoms with Crippen LogP contribution in [0.4, 0.5) is 5.69 Å². The number of aryl methyl sites for hydroxylation is 1. The zero-order valence-electron chi connectivity index (χ0n) is 18.0. The summed E-state index contributed by atoms with van der Waals surface area (Å²) >= 11 is 3.29. The lowest BCUT2D eigenvalue weighted by Crippen LogP contribution is -2.17. The maximum atomic E-state index is 13.2. The van der Waals surface area contributed by atoms with E-state index in [1.54, 1.807) is 51.4 Å². The number of thiophene rings is 1. The lowest BCUT2D eigenvalue weighted by molar-refractivity contribution is 0.0967. The number of methoxy groups -OCH3 is 1. The number of hydrogen-bond acceptors (Lipinski definition) is 6. The molecule has 0 aliphatic carbocycles. The van der Waals surface area contributed by atoms with Gasteiger partial charge < -0.3 is 10.1 Å². The minimum atomic E-state index is -3.88. The molecule has 0 spiro atoms.